The summed E-state index contributed by atoms with van der Waals surface area (Å²) in [6.07, 6.45) is 2.99. The van der Waals surface area contributed by atoms with E-state index in [0.717, 1.165) is 8.95 Å². The Morgan fingerprint density at radius 2 is 1.81 bits per heavy atom. The smallest absolute Gasteiger partial charge is 0.322 e. The van der Waals surface area contributed by atoms with Crippen molar-refractivity contribution in [3.63, 3.8) is 0 Å². The van der Waals surface area contributed by atoms with E-state index in [9.17, 15) is 0 Å². The van der Waals surface area contributed by atoms with Crippen molar-refractivity contribution in [2.75, 3.05) is 5.73 Å². The van der Waals surface area contributed by atoms with E-state index < -0.39 is 0 Å². The summed E-state index contributed by atoms with van der Waals surface area (Å²) in [5.74, 6) is 0.646. The maximum Gasteiger partial charge on any atom is 0.322 e. The molecule has 1 heterocycles. The predicted molar refractivity (Wildman–Crippen MR) is 68.4 cm³/mol. The van der Waals surface area contributed by atoms with Gasteiger partial charge in [0.15, 0.2) is 0 Å². The second-order valence-corrected chi connectivity index (χ2v) is 4.75. The van der Waals surface area contributed by atoms with Crippen molar-refractivity contribution >= 4 is 37.5 Å². The van der Waals surface area contributed by atoms with Gasteiger partial charge >= 0.3 is 6.01 Å². The van der Waals surface area contributed by atoms with Gasteiger partial charge in [0.25, 0.3) is 0 Å². The van der Waals surface area contributed by atoms with E-state index in [4.69, 9.17) is 10.5 Å². The lowest BCUT2D eigenvalue weighted by atomic mass is 10.3. The summed E-state index contributed by atoms with van der Waals surface area (Å²) in [5.41, 5.74) is 5.98. The van der Waals surface area contributed by atoms with Crippen molar-refractivity contribution in [1.82, 2.24) is 9.97 Å². The van der Waals surface area contributed by atoms with Crippen LogP contribution in [0.5, 0.6) is 11.8 Å². The highest BCUT2D eigenvalue weighted by Gasteiger charge is 2.04. The number of benzene rings is 1. The number of halogens is 2. The lowest BCUT2D eigenvalue weighted by Crippen LogP contribution is -1.94. The zero-order valence-electron chi connectivity index (χ0n) is 8.02. The third-order valence-corrected chi connectivity index (χ3v) is 2.86. The van der Waals surface area contributed by atoms with Crippen molar-refractivity contribution in [2.45, 2.75) is 0 Å². The largest absolute Gasteiger partial charge is 0.423 e. The Hall–Kier alpha value is -1.14. The van der Waals surface area contributed by atoms with Gasteiger partial charge in [-0.1, -0.05) is 15.9 Å². The van der Waals surface area contributed by atoms with E-state index in [1.54, 1.807) is 0 Å². The summed E-state index contributed by atoms with van der Waals surface area (Å²) in [6.45, 7) is 0. The third-order valence-electron chi connectivity index (χ3n) is 1.74. The second-order valence-electron chi connectivity index (χ2n) is 2.98. The molecule has 0 spiro atoms. The van der Waals surface area contributed by atoms with Crippen LogP contribution in [0.15, 0.2) is 39.5 Å². The molecule has 0 radical (unpaired) electrons. The van der Waals surface area contributed by atoms with Crippen LogP contribution in [-0.2, 0) is 0 Å². The monoisotopic (exact) mass is 343 g/mol. The fourth-order valence-electron chi connectivity index (χ4n) is 1.04. The Morgan fingerprint density at radius 1 is 1.12 bits per heavy atom. The minimum Gasteiger partial charge on any atom is -0.423 e. The lowest BCUT2D eigenvalue weighted by molar-refractivity contribution is 0.439. The molecule has 0 aliphatic rings. The van der Waals surface area contributed by atoms with Crippen LogP contribution in [0, 0.1) is 0 Å². The van der Waals surface area contributed by atoms with Crippen LogP contribution in [0.3, 0.4) is 0 Å². The van der Waals surface area contributed by atoms with Gasteiger partial charge in [-0.25, -0.2) is 9.97 Å². The lowest BCUT2D eigenvalue weighted by Gasteiger charge is -2.05. The van der Waals surface area contributed by atoms with Crippen LogP contribution >= 0.6 is 31.9 Å². The topological polar surface area (TPSA) is 61.0 Å². The molecule has 0 unspecified atom stereocenters. The van der Waals surface area contributed by atoms with Crippen LogP contribution in [-0.4, -0.2) is 9.97 Å². The van der Waals surface area contributed by atoms with Crippen LogP contribution in [0.25, 0.3) is 0 Å². The molecule has 0 atom stereocenters. The summed E-state index contributed by atoms with van der Waals surface area (Å²) < 4.78 is 7.26. The van der Waals surface area contributed by atoms with Gasteiger partial charge in [0, 0.05) is 4.47 Å². The predicted octanol–water partition coefficient (Wildman–Crippen LogP) is 3.38. The summed E-state index contributed by atoms with van der Waals surface area (Å²) in [4.78, 5) is 7.89. The van der Waals surface area contributed by atoms with Crippen molar-refractivity contribution in [1.29, 1.82) is 0 Å². The fourth-order valence-corrected chi connectivity index (χ4v) is 2.16. The van der Waals surface area contributed by atoms with Crippen LogP contribution in [0.1, 0.15) is 0 Å². The molecular weight excluding hydrogens is 338 g/mol. The Kier molecular flexibility index (Phi) is 3.40. The number of anilines is 1. The molecule has 6 heteroatoms. The van der Waals surface area contributed by atoms with Gasteiger partial charge < -0.3 is 10.5 Å². The maximum atomic E-state index is 5.47. The second kappa shape index (κ2) is 4.80. The normalized spacial score (nSPS) is 10.1. The number of nitrogens with zero attached hydrogens (tertiary/aromatic N) is 2. The minimum absolute atomic E-state index is 0.261. The summed E-state index contributed by atoms with van der Waals surface area (Å²) in [5, 5.41) is 0. The standard InChI is InChI=1S/C10H7Br2N3O/c11-6-1-2-9(8(12)3-6)16-10-14-4-7(13)5-15-10/h1-5H,13H2. The highest BCUT2D eigenvalue weighted by atomic mass is 79.9. The molecule has 2 rings (SSSR count). The SMILES string of the molecule is Nc1cnc(Oc2ccc(Br)cc2Br)nc1. The summed E-state index contributed by atoms with van der Waals surface area (Å²) in [6, 6.07) is 5.83. The molecule has 0 aliphatic carbocycles. The van der Waals surface area contributed by atoms with Gasteiger partial charge in [-0.15, -0.1) is 0 Å². The number of hydrogen-bond acceptors (Lipinski definition) is 4. The van der Waals surface area contributed by atoms with Crippen LogP contribution in [0.4, 0.5) is 5.69 Å². The van der Waals surface area contributed by atoms with Gasteiger partial charge in [-0.3, -0.25) is 0 Å². The quantitative estimate of drug-likeness (QED) is 0.907. The molecular formula is C10H7Br2N3O. The number of rotatable bonds is 2. The van der Waals surface area contributed by atoms with Crippen molar-refractivity contribution in [2.24, 2.45) is 0 Å². The summed E-state index contributed by atoms with van der Waals surface area (Å²) in [7, 11) is 0. The zero-order valence-corrected chi connectivity index (χ0v) is 11.2. The maximum absolute atomic E-state index is 5.47. The molecule has 1 aromatic heterocycles. The van der Waals surface area contributed by atoms with Gasteiger partial charge in [0.1, 0.15) is 5.75 Å². The average molecular weight is 345 g/mol. The fraction of sp³-hybridized carbons (Fsp3) is 0. The molecule has 0 bridgehead atoms. The number of hydrogen-bond donors (Lipinski definition) is 1. The van der Waals surface area contributed by atoms with Crippen molar-refractivity contribution in [3.8, 4) is 11.8 Å². The number of nitrogens with two attached hydrogens (primary N) is 1. The number of nitrogen functional groups attached to an aromatic ring is 1. The molecule has 0 aliphatic heterocycles. The molecule has 2 N–H and O–H groups in total. The first-order chi connectivity index (χ1) is 7.65. The van der Waals surface area contributed by atoms with Gasteiger partial charge in [-0.2, -0.15) is 0 Å². The van der Waals surface area contributed by atoms with E-state index >= 15 is 0 Å². The van der Waals surface area contributed by atoms with E-state index in [0.29, 0.717) is 11.4 Å². The van der Waals surface area contributed by atoms with Crippen LogP contribution < -0.4 is 10.5 Å². The molecule has 0 saturated carbocycles. The highest BCUT2D eigenvalue weighted by molar-refractivity contribution is 9.11. The molecule has 0 amide bonds. The Labute approximate surface area is 109 Å². The molecule has 16 heavy (non-hydrogen) atoms. The molecule has 4 nitrogen and oxygen atoms in total. The molecule has 0 fully saturated rings. The number of ether oxygens (including phenoxy) is 1. The molecule has 82 valence electrons. The van der Waals surface area contributed by atoms with Gasteiger partial charge in [0.2, 0.25) is 0 Å². The van der Waals surface area contributed by atoms with E-state index in [2.05, 4.69) is 41.8 Å². The Bertz CT molecular complexity index is 502. The first-order valence-corrected chi connectivity index (χ1v) is 5.94. The third kappa shape index (κ3) is 2.70. The Morgan fingerprint density at radius 3 is 2.44 bits per heavy atom. The van der Waals surface area contributed by atoms with E-state index in [1.807, 2.05) is 18.2 Å². The Balaban J connectivity index is 2.23. The van der Waals surface area contributed by atoms with E-state index in [-0.39, 0.29) is 6.01 Å². The average Bonchev–Trinajstić information content (AvgIpc) is 2.25. The van der Waals surface area contributed by atoms with Gasteiger partial charge in [0.05, 0.1) is 22.6 Å². The number of aromatic nitrogens is 2. The first kappa shape index (κ1) is 11.3. The van der Waals surface area contributed by atoms with Crippen molar-refractivity contribution < 1.29 is 4.74 Å². The molecule has 0 saturated heterocycles. The first-order valence-electron chi connectivity index (χ1n) is 4.35. The highest BCUT2D eigenvalue weighted by Crippen LogP contribution is 2.30. The zero-order chi connectivity index (χ0) is 11.5. The van der Waals surface area contributed by atoms with Crippen molar-refractivity contribution in [3.05, 3.63) is 39.5 Å². The van der Waals surface area contributed by atoms with Crippen LogP contribution in [0.2, 0.25) is 0 Å². The molecule has 1 aromatic carbocycles. The molecule has 2 aromatic rings. The summed E-state index contributed by atoms with van der Waals surface area (Å²) >= 11 is 6.74. The minimum atomic E-state index is 0.261. The van der Waals surface area contributed by atoms with E-state index in [1.165, 1.54) is 12.4 Å². The van der Waals surface area contributed by atoms with Gasteiger partial charge in [-0.05, 0) is 34.1 Å².